The topological polar surface area (TPSA) is 214 Å². The Labute approximate surface area is 156 Å². The number of hydrogen-bond donors (Lipinski definition) is 7. The molecule has 0 rings (SSSR count). The minimum Gasteiger partial charge on any atom is -0.480 e. The van der Waals surface area contributed by atoms with E-state index in [1.54, 1.807) is 13.8 Å². The van der Waals surface area contributed by atoms with Crippen LogP contribution in [-0.2, 0) is 24.0 Å². The van der Waals surface area contributed by atoms with Crippen LogP contribution in [0.1, 0.15) is 27.2 Å². The third-order valence-corrected chi connectivity index (χ3v) is 3.55. The molecule has 0 heterocycles. The monoisotopic (exact) mass is 389 g/mol. The highest BCUT2D eigenvalue weighted by molar-refractivity contribution is 5.93. The van der Waals surface area contributed by atoms with Gasteiger partial charge in [0.05, 0.1) is 25.1 Å². The van der Waals surface area contributed by atoms with Crippen LogP contribution in [0.4, 0.5) is 0 Å². The third kappa shape index (κ3) is 8.96. The van der Waals surface area contributed by atoms with Gasteiger partial charge in [-0.15, -0.1) is 0 Å². The highest BCUT2D eigenvalue weighted by Gasteiger charge is 2.30. The summed E-state index contributed by atoms with van der Waals surface area (Å²) in [5, 5.41) is 25.1. The van der Waals surface area contributed by atoms with Gasteiger partial charge in [0.1, 0.15) is 12.1 Å². The van der Waals surface area contributed by atoms with Gasteiger partial charge in [0.15, 0.2) is 0 Å². The van der Waals surface area contributed by atoms with Crippen LogP contribution in [0.25, 0.3) is 0 Å². The molecule has 0 aromatic rings. The van der Waals surface area contributed by atoms with Crippen LogP contribution in [-0.4, -0.2) is 70.6 Å². The largest absolute Gasteiger partial charge is 0.480 e. The van der Waals surface area contributed by atoms with Crippen LogP contribution in [0, 0.1) is 5.92 Å². The Balaban J connectivity index is 4.85. The summed E-state index contributed by atoms with van der Waals surface area (Å²) in [6.45, 7) is 4.15. The van der Waals surface area contributed by atoms with Gasteiger partial charge in [-0.05, 0) is 12.8 Å². The fraction of sp³-hybridized carbons (Fsp3) is 0.667. The molecule has 12 nitrogen and oxygen atoms in total. The van der Waals surface area contributed by atoms with Crippen LogP contribution < -0.4 is 27.4 Å². The molecule has 0 spiro atoms. The fourth-order valence-electron chi connectivity index (χ4n) is 1.88. The van der Waals surface area contributed by atoms with E-state index in [-0.39, 0.29) is 5.92 Å². The maximum atomic E-state index is 12.1. The van der Waals surface area contributed by atoms with Gasteiger partial charge in [0, 0.05) is 0 Å². The van der Waals surface area contributed by atoms with Crippen LogP contribution in [0.3, 0.4) is 0 Å². The predicted octanol–water partition coefficient (Wildman–Crippen LogP) is -3.60. The molecule has 154 valence electrons. The molecule has 0 aliphatic carbocycles. The molecule has 9 N–H and O–H groups in total. The summed E-state index contributed by atoms with van der Waals surface area (Å²) in [5.74, 6) is -5.01. The highest BCUT2D eigenvalue weighted by Crippen LogP contribution is 1.99. The Bertz CT molecular complexity index is 579. The number of hydrogen-bond acceptors (Lipinski definition) is 7. The molecule has 0 bridgehead atoms. The van der Waals surface area contributed by atoms with Crippen molar-refractivity contribution in [1.29, 1.82) is 0 Å². The van der Waals surface area contributed by atoms with Crippen molar-refractivity contribution in [3.63, 3.8) is 0 Å². The maximum absolute atomic E-state index is 12.1. The standard InChI is InChI=1S/C15H27N5O7/c1-6(2)11(17)13(24)18-5-10(23)20-12(7(3)21)14(25)19-8(15(26)27)4-9(16)22/h6-8,11-12,21H,4-5,17H2,1-3H3,(H2,16,22)(H,18,24)(H,19,25)(H,20,23)(H,26,27). The molecule has 4 unspecified atom stereocenters. The number of carbonyl (C=O) groups is 5. The van der Waals surface area contributed by atoms with E-state index in [9.17, 15) is 29.1 Å². The number of primary amides is 1. The van der Waals surface area contributed by atoms with Gasteiger partial charge in [-0.25, -0.2) is 4.79 Å². The van der Waals surface area contributed by atoms with Crippen molar-refractivity contribution >= 4 is 29.6 Å². The summed E-state index contributed by atoms with van der Waals surface area (Å²) >= 11 is 0. The van der Waals surface area contributed by atoms with E-state index in [4.69, 9.17) is 16.6 Å². The molecule has 0 saturated carbocycles. The van der Waals surface area contributed by atoms with Crippen molar-refractivity contribution < 1.29 is 34.2 Å². The average Bonchev–Trinajstić information content (AvgIpc) is 2.54. The quantitative estimate of drug-likeness (QED) is 0.187. The van der Waals surface area contributed by atoms with Crippen molar-refractivity contribution in [1.82, 2.24) is 16.0 Å². The van der Waals surface area contributed by atoms with Gasteiger partial charge in [0.2, 0.25) is 23.6 Å². The summed E-state index contributed by atoms with van der Waals surface area (Å²) in [4.78, 5) is 57.7. The first-order chi connectivity index (χ1) is 12.4. The summed E-state index contributed by atoms with van der Waals surface area (Å²) in [7, 11) is 0. The average molecular weight is 389 g/mol. The number of aliphatic hydroxyl groups excluding tert-OH is 1. The van der Waals surface area contributed by atoms with Crippen LogP contribution in [0.5, 0.6) is 0 Å². The summed E-state index contributed by atoms with van der Waals surface area (Å²) in [5.41, 5.74) is 10.5. The van der Waals surface area contributed by atoms with Gasteiger partial charge in [-0.1, -0.05) is 13.8 Å². The molecule has 27 heavy (non-hydrogen) atoms. The Morgan fingerprint density at radius 2 is 1.56 bits per heavy atom. The molecule has 0 saturated heterocycles. The van der Waals surface area contributed by atoms with E-state index < -0.39 is 66.8 Å². The lowest BCUT2D eigenvalue weighted by molar-refractivity contribution is -0.144. The second-order valence-electron chi connectivity index (χ2n) is 6.34. The zero-order valence-corrected chi connectivity index (χ0v) is 15.4. The second-order valence-corrected chi connectivity index (χ2v) is 6.34. The van der Waals surface area contributed by atoms with Crippen molar-refractivity contribution in [3.05, 3.63) is 0 Å². The molecule has 0 aliphatic rings. The lowest BCUT2D eigenvalue weighted by atomic mass is 10.1. The number of carboxylic acid groups (broad SMARTS) is 1. The maximum Gasteiger partial charge on any atom is 0.326 e. The normalized spacial score (nSPS) is 15.2. The first kappa shape index (κ1) is 24.3. The SMILES string of the molecule is CC(C)C(N)C(=O)NCC(=O)NC(C(=O)NC(CC(N)=O)C(=O)O)C(C)O. The van der Waals surface area contributed by atoms with E-state index in [0.29, 0.717) is 0 Å². The molecule has 4 amide bonds. The molecular weight excluding hydrogens is 362 g/mol. The minimum atomic E-state index is -1.61. The third-order valence-electron chi connectivity index (χ3n) is 3.55. The molecule has 12 heteroatoms. The van der Waals surface area contributed by atoms with Crippen LogP contribution in [0.2, 0.25) is 0 Å². The molecule has 4 atom stereocenters. The van der Waals surface area contributed by atoms with Gasteiger partial charge in [-0.3, -0.25) is 19.2 Å². The summed E-state index contributed by atoms with van der Waals surface area (Å²) < 4.78 is 0. The minimum absolute atomic E-state index is 0.151. The van der Waals surface area contributed by atoms with Gasteiger partial charge in [-0.2, -0.15) is 0 Å². The summed E-state index contributed by atoms with van der Waals surface area (Å²) in [6.07, 6.45) is -2.05. The Hall–Kier alpha value is -2.73. The van der Waals surface area contributed by atoms with E-state index >= 15 is 0 Å². The van der Waals surface area contributed by atoms with Crippen molar-refractivity contribution in [2.75, 3.05) is 6.54 Å². The molecule has 0 radical (unpaired) electrons. The number of amides is 4. The van der Waals surface area contributed by atoms with Gasteiger partial charge >= 0.3 is 5.97 Å². The van der Waals surface area contributed by atoms with E-state index in [1.165, 1.54) is 6.92 Å². The highest BCUT2D eigenvalue weighted by atomic mass is 16.4. The first-order valence-electron chi connectivity index (χ1n) is 8.19. The Kier molecular flexibility index (Phi) is 9.96. The molecule has 0 aromatic heterocycles. The zero-order chi connectivity index (χ0) is 21.3. The van der Waals surface area contributed by atoms with E-state index in [0.717, 1.165) is 0 Å². The number of carboxylic acids is 1. The van der Waals surface area contributed by atoms with E-state index in [1.807, 2.05) is 5.32 Å². The number of aliphatic carboxylic acids is 1. The Morgan fingerprint density at radius 3 is 1.96 bits per heavy atom. The number of nitrogens with two attached hydrogens (primary N) is 2. The number of aliphatic hydroxyl groups is 1. The van der Waals surface area contributed by atoms with Crippen molar-refractivity contribution in [3.8, 4) is 0 Å². The Morgan fingerprint density at radius 1 is 1.00 bits per heavy atom. The zero-order valence-electron chi connectivity index (χ0n) is 15.4. The first-order valence-corrected chi connectivity index (χ1v) is 8.19. The van der Waals surface area contributed by atoms with Crippen molar-refractivity contribution in [2.24, 2.45) is 17.4 Å². The second kappa shape index (κ2) is 11.1. The van der Waals surface area contributed by atoms with E-state index in [2.05, 4.69) is 10.6 Å². The molecular formula is C15H27N5O7. The molecule has 0 fully saturated rings. The smallest absolute Gasteiger partial charge is 0.326 e. The lowest BCUT2D eigenvalue weighted by Gasteiger charge is -2.23. The number of carbonyl (C=O) groups excluding carboxylic acids is 4. The van der Waals surface area contributed by atoms with Gasteiger partial charge in [0.25, 0.3) is 0 Å². The van der Waals surface area contributed by atoms with Crippen LogP contribution >= 0.6 is 0 Å². The lowest BCUT2D eigenvalue weighted by Crippen LogP contribution is -2.57. The molecule has 0 aliphatic heterocycles. The molecule has 0 aromatic carbocycles. The van der Waals surface area contributed by atoms with Crippen LogP contribution in [0.15, 0.2) is 0 Å². The predicted molar refractivity (Wildman–Crippen MR) is 92.8 cm³/mol. The van der Waals surface area contributed by atoms with Gasteiger partial charge < -0.3 is 37.6 Å². The number of nitrogens with one attached hydrogen (secondary N) is 3. The summed E-state index contributed by atoms with van der Waals surface area (Å²) in [6, 6.07) is -3.95. The van der Waals surface area contributed by atoms with Crippen molar-refractivity contribution in [2.45, 2.75) is 51.4 Å². The fourth-order valence-corrected chi connectivity index (χ4v) is 1.88. The number of rotatable bonds is 11.